The van der Waals surface area contributed by atoms with Crippen molar-refractivity contribution in [2.24, 2.45) is 0 Å². The van der Waals surface area contributed by atoms with E-state index in [9.17, 15) is 13.2 Å². The van der Waals surface area contributed by atoms with E-state index >= 15 is 0 Å². The molecular formula is C15H10O4S. The van der Waals surface area contributed by atoms with Crippen LogP contribution in [0.5, 0.6) is 5.75 Å². The zero-order valence-corrected chi connectivity index (χ0v) is 11.1. The number of carbonyl (C=O) groups is 1. The highest BCUT2D eigenvalue weighted by Crippen LogP contribution is 2.30. The largest absolute Gasteiger partial charge is 0.376 e. The van der Waals surface area contributed by atoms with Gasteiger partial charge in [-0.25, -0.2) is 0 Å². The van der Waals surface area contributed by atoms with Crippen molar-refractivity contribution in [2.75, 3.05) is 0 Å². The van der Waals surface area contributed by atoms with Crippen molar-refractivity contribution in [1.29, 1.82) is 0 Å². The molecule has 0 aliphatic heterocycles. The Morgan fingerprint density at radius 2 is 1.50 bits per heavy atom. The lowest BCUT2D eigenvalue weighted by Gasteiger charge is -2.07. The molecule has 3 rings (SSSR count). The highest BCUT2D eigenvalue weighted by molar-refractivity contribution is 8.00. The Morgan fingerprint density at radius 3 is 2.20 bits per heavy atom. The summed E-state index contributed by atoms with van der Waals surface area (Å²) in [4.78, 5) is 10.5. The van der Waals surface area contributed by atoms with Crippen molar-refractivity contribution in [2.45, 2.75) is 0 Å². The second-order valence-electron chi connectivity index (χ2n) is 4.35. The summed E-state index contributed by atoms with van der Waals surface area (Å²) in [5.74, 6) is 0.153. The highest BCUT2D eigenvalue weighted by atomic mass is 32.2. The van der Waals surface area contributed by atoms with Gasteiger partial charge in [0.25, 0.3) is 5.62 Å². The first-order valence-electron chi connectivity index (χ1n) is 5.90. The summed E-state index contributed by atoms with van der Waals surface area (Å²) in [6.07, 6.45) is 0. The van der Waals surface area contributed by atoms with E-state index in [1.54, 1.807) is 6.07 Å². The molecular weight excluding hydrogens is 276 g/mol. The van der Waals surface area contributed by atoms with Crippen molar-refractivity contribution in [3.8, 4) is 5.75 Å². The fourth-order valence-corrected chi connectivity index (χ4v) is 2.59. The van der Waals surface area contributed by atoms with Crippen LogP contribution in [0.25, 0.3) is 21.5 Å². The number of hydrogen-bond acceptors (Lipinski definition) is 4. The van der Waals surface area contributed by atoms with E-state index in [0.717, 1.165) is 16.2 Å². The minimum atomic E-state index is -4.20. The van der Waals surface area contributed by atoms with Crippen LogP contribution in [-0.4, -0.2) is 14.0 Å². The molecule has 0 saturated heterocycles. The Morgan fingerprint density at radius 1 is 0.850 bits per heavy atom. The van der Waals surface area contributed by atoms with E-state index in [1.807, 2.05) is 42.5 Å². The smallest absolute Gasteiger partial charge is 0.370 e. The van der Waals surface area contributed by atoms with Crippen LogP contribution in [0.4, 0.5) is 0 Å². The van der Waals surface area contributed by atoms with Crippen LogP contribution in [0.15, 0.2) is 54.6 Å². The maximum atomic E-state index is 11.3. The van der Waals surface area contributed by atoms with E-state index in [2.05, 4.69) is 0 Å². The molecule has 0 atom stereocenters. The van der Waals surface area contributed by atoms with Crippen LogP contribution in [0.1, 0.15) is 0 Å². The standard InChI is InChI=1S/C15H10O4S/c16-10-20(17,18)19-15-7-3-6-13-8-11-4-1-2-5-12(11)9-14(13)15/h1-10H. The Kier molecular flexibility index (Phi) is 2.91. The fourth-order valence-electron chi connectivity index (χ4n) is 2.16. The van der Waals surface area contributed by atoms with E-state index in [0.29, 0.717) is 5.39 Å². The van der Waals surface area contributed by atoms with Crippen molar-refractivity contribution < 1.29 is 17.4 Å². The van der Waals surface area contributed by atoms with Gasteiger partial charge in [0.15, 0.2) is 5.75 Å². The van der Waals surface area contributed by atoms with Crippen LogP contribution >= 0.6 is 0 Å². The van der Waals surface area contributed by atoms with Crippen molar-refractivity contribution >= 4 is 37.3 Å². The first kappa shape index (κ1) is 12.6. The maximum Gasteiger partial charge on any atom is 0.370 e. The van der Waals surface area contributed by atoms with Gasteiger partial charge in [0.05, 0.1) is 0 Å². The van der Waals surface area contributed by atoms with Gasteiger partial charge in [-0.1, -0.05) is 36.4 Å². The summed E-state index contributed by atoms with van der Waals surface area (Å²) in [6, 6.07) is 16.6. The SMILES string of the molecule is O=CS(=O)(=O)Oc1cccc2cc3ccccc3cc12. The quantitative estimate of drug-likeness (QED) is 0.422. The number of benzene rings is 3. The van der Waals surface area contributed by atoms with Crippen LogP contribution in [0.3, 0.4) is 0 Å². The molecule has 0 bridgehead atoms. The normalized spacial score (nSPS) is 11.6. The molecule has 3 aromatic carbocycles. The molecule has 5 heteroatoms. The lowest BCUT2D eigenvalue weighted by atomic mass is 10.0. The van der Waals surface area contributed by atoms with E-state index in [1.165, 1.54) is 6.07 Å². The minimum absolute atomic E-state index is 0.153. The van der Waals surface area contributed by atoms with Gasteiger partial charge in [-0.05, 0) is 34.4 Å². The lowest BCUT2D eigenvalue weighted by Crippen LogP contribution is -2.09. The molecule has 0 spiro atoms. The van der Waals surface area contributed by atoms with Crippen LogP contribution in [0.2, 0.25) is 0 Å². The molecule has 0 radical (unpaired) electrons. The Hall–Kier alpha value is -2.40. The lowest BCUT2D eigenvalue weighted by molar-refractivity contribution is 0.491. The predicted octanol–water partition coefficient (Wildman–Crippen LogP) is 2.89. The minimum Gasteiger partial charge on any atom is -0.376 e. The Bertz CT molecular complexity index is 913. The summed E-state index contributed by atoms with van der Waals surface area (Å²) in [5, 5.41) is 3.52. The van der Waals surface area contributed by atoms with Crippen LogP contribution in [-0.2, 0) is 14.9 Å². The summed E-state index contributed by atoms with van der Waals surface area (Å²) >= 11 is 0. The first-order valence-corrected chi connectivity index (χ1v) is 7.37. The predicted molar refractivity (Wildman–Crippen MR) is 77.8 cm³/mol. The molecule has 3 aromatic rings. The van der Waals surface area contributed by atoms with Gasteiger partial charge < -0.3 is 4.18 Å². The summed E-state index contributed by atoms with van der Waals surface area (Å²) in [7, 11) is -4.20. The van der Waals surface area contributed by atoms with Gasteiger partial charge in [0.1, 0.15) is 0 Å². The molecule has 0 aliphatic rings. The van der Waals surface area contributed by atoms with Crippen molar-refractivity contribution in [3.63, 3.8) is 0 Å². The van der Waals surface area contributed by atoms with Gasteiger partial charge in [-0.2, -0.15) is 8.42 Å². The van der Waals surface area contributed by atoms with Gasteiger partial charge >= 0.3 is 10.1 Å². The summed E-state index contributed by atoms with van der Waals surface area (Å²) < 4.78 is 27.4. The zero-order chi connectivity index (χ0) is 14.2. The molecule has 0 fully saturated rings. The summed E-state index contributed by atoms with van der Waals surface area (Å²) in [6.45, 7) is 0. The average Bonchev–Trinajstić information content (AvgIpc) is 2.45. The Balaban J connectivity index is 2.28. The third-order valence-electron chi connectivity index (χ3n) is 3.03. The molecule has 0 heterocycles. The van der Waals surface area contributed by atoms with E-state index in [4.69, 9.17) is 4.18 Å². The van der Waals surface area contributed by atoms with E-state index < -0.39 is 10.1 Å². The zero-order valence-electron chi connectivity index (χ0n) is 10.3. The third kappa shape index (κ3) is 2.23. The van der Waals surface area contributed by atoms with Gasteiger partial charge in [0, 0.05) is 5.39 Å². The molecule has 0 unspecified atom stereocenters. The number of hydrogen-bond donors (Lipinski definition) is 0. The molecule has 20 heavy (non-hydrogen) atoms. The highest BCUT2D eigenvalue weighted by Gasteiger charge is 2.13. The number of rotatable bonds is 3. The average molecular weight is 286 g/mol. The monoisotopic (exact) mass is 286 g/mol. The molecule has 100 valence electrons. The maximum absolute atomic E-state index is 11.3. The van der Waals surface area contributed by atoms with Crippen molar-refractivity contribution in [1.82, 2.24) is 0 Å². The van der Waals surface area contributed by atoms with Gasteiger partial charge in [0.2, 0.25) is 0 Å². The molecule has 4 nitrogen and oxygen atoms in total. The molecule has 0 aliphatic carbocycles. The van der Waals surface area contributed by atoms with Crippen molar-refractivity contribution in [3.05, 3.63) is 54.6 Å². The summed E-state index contributed by atoms with van der Waals surface area (Å²) in [5.41, 5.74) is -0.202. The topological polar surface area (TPSA) is 60.4 Å². The van der Waals surface area contributed by atoms with Crippen LogP contribution < -0.4 is 4.18 Å². The molecule has 0 N–H and O–H groups in total. The van der Waals surface area contributed by atoms with E-state index in [-0.39, 0.29) is 11.4 Å². The first-order chi connectivity index (χ1) is 9.59. The fraction of sp³-hybridized carbons (Fsp3) is 0. The second kappa shape index (κ2) is 4.61. The van der Waals surface area contributed by atoms with Crippen LogP contribution in [0, 0.1) is 0 Å². The molecule has 0 saturated carbocycles. The molecule has 0 amide bonds. The second-order valence-corrected chi connectivity index (χ2v) is 5.69. The Labute approximate surface area is 115 Å². The third-order valence-corrected chi connectivity index (χ3v) is 3.68. The number of fused-ring (bicyclic) bond motifs is 2. The number of carbonyl (C=O) groups excluding carboxylic acids is 1. The van der Waals surface area contributed by atoms with Gasteiger partial charge in [-0.3, -0.25) is 4.79 Å². The molecule has 0 aromatic heterocycles. The van der Waals surface area contributed by atoms with Gasteiger partial charge in [-0.15, -0.1) is 0 Å².